The lowest BCUT2D eigenvalue weighted by Crippen LogP contribution is -2.55. The number of thioether (sulfide) groups is 1. The van der Waals surface area contributed by atoms with E-state index in [0.717, 1.165) is 44.4 Å². The lowest BCUT2D eigenvalue weighted by Gasteiger charge is -2.37. The fraction of sp³-hybridized carbons (Fsp3) is 0.917. The third-order valence-electron chi connectivity index (χ3n) is 3.31. The van der Waals surface area contributed by atoms with Crippen molar-refractivity contribution in [2.45, 2.75) is 6.04 Å². The maximum Gasteiger partial charge on any atom is 0.191 e. The predicted molar refractivity (Wildman–Crippen MR) is 81.7 cm³/mol. The molecule has 106 valence electrons. The average molecular weight is 273 g/mol. The summed E-state index contributed by atoms with van der Waals surface area (Å²) in [6.45, 7) is 5.32. The molecular formula is C12H27N5S. The second-order valence-corrected chi connectivity index (χ2v) is 5.75. The molecule has 1 heterocycles. The molecule has 0 amide bonds. The summed E-state index contributed by atoms with van der Waals surface area (Å²) in [5.41, 5.74) is 0. The average Bonchev–Trinajstić information content (AvgIpc) is 2.37. The Balaban J connectivity index is 2.28. The Morgan fingerprint density at radius 1 is 1.33 bits per heavy atom. The molecule has 0 bridgehead atoms. The highest BCUT2D eigenvalue weighted by Gasteiger charge is 2.21. The van der Waals surface area contributed by atoms with Crippen molar-refractivity contribution in [1.29, 1.82) is 0 Å². The van der Waals surface area contributed by atoms with Crippen molar-refractivity contribution in [1.82, 2.24) is 20.4 Å². The molecule has 2 N–H and O–H groups in total. The maximum absolute atomic E-state index is 4.24. The Morgan fingerprint density at radius 2 is 2.11 bits per heavy atom. The molecule has 1 rings (SSSR count). The minimum Gasteiger partial charge on any atom is -0.356 e. The van der Waals surface area contributed by atoms with E-state index in [2.05, 4.69) is 45.8 Å². The van der Waals surface area contributed by atoms with Crippen molar-refractivity contribution in [3.05, 3.63) is 0 Å². The summed E-state index contributed by atoms with van der Waals surface area (Å²) in [4.78, 5) is 9.05. The smallest absolute Gasteiger partial charge is 0.191 e. The summed E-state index contributed by atoms with van der Waals surface area (Å²) >= 11 is 1.84. The Labute approximate surface area is 115 Å². The number of piperazine rings is 1. The van der Waals surface area contributed by atoms with Crippen molar-refractivity contribution in [3.63, 3.8) is 0 Å². The van der Waals surface area contributed by atoms with Crippen LogP contribution < -0.4 is 10.6 Å². The molecule has 0 radical (unpaired) electrons. The second kappa shape index (κ2) is 8.61. The van der Waals surface area contributed by atoms with Crippen LogP contribution in [-0.4, -0.2) is 87.7 Å². The van der Waals surface area contributed by atoms with Crippen molar-refractivity contribution >= 4 is 17.7 Å². The maximum atomic E-state index is 4.24. The van der Waals surface area contributed by atoms with Gasteiger partial charge in [-0.1, -0.05) is 0 Å². The Bertz CT molecular complexity index is 259. The van der Waals surface area contributed by atoms with E-state index in [1.807, 2.05) is 18.8 Å². The molecule has 0 spiro atoms. The molecule has 0 aromatic carbocycles. The summed E-state index contributed by atoms with van der Waals surface area (Å²) in [7, 11) is 6.21. The highest BCUT2D eigenvalue weighted by atomic mass is 32.2. The van der Waals surface area contributed by atoms with E-state index >= 15 is 0 Å². The molecule has 1 aliphatic rings. The third kappa shape index (κ3) is 5.46. The monoisotopic (exact) mass is 273 g/mol. The third-order valence-corrected chi connectivity index (χ3v) is 3.92. The van der Waals surface area contributed by atoms with Gasteiger partial charge in [-0.25, -0.2) is 0 Å². The molecular weight excluding hydrogens is 246 g/mol. The Morgan fingerprint density at radius 3 is 2.78 bits per heavy atom. The van der Waals surface area contributed by atoms with Crippen molar-refractivity contribution < 1.29 is 0 Å². The van der Waals surface area contributed by atoms with Crippen LogP contribution >= 0.6 is 11.8 Å². The molecule has 1 saturated heterocycles. The first kappa shape index (κ1) is 15.6. The Hall–Kier alpha value is -0.460. The van der Waals surface area contributed by atoms with Crippen LogP contribution in [0.25, 0.3) is 0 Å². The largest absolute Gasteiger partial charge is 0.356 e. The lowest BCUT2D eigenvalue weighted by atomic mass is 10.2. The second-order valence-electron chi connectivity index (χ2n) is 4.77. The fourth-order valence-corrected chi connectivity index (χ4v) is 2.33. The zero-order valence-electron chi connectivity index (χ0n) is 12.1. The number of hydrogen-bond acceptors (Lipinski definition) is 4. The number of hydrogen-bond donors (Lipinski definition) is 2. The minimum atomic E-state index is 0.558. The number of rotatable bonds is 5. The van der Waals surface area contributed by atoms with E-state index in [0.29, 0.717) is 6.04 Å². The molecule has 18 heavy (non-hydrogen) atoms. The van der Waals surface area contributed by atoms with Crippen LogP contribution in [0, 0.1) is 0 Å². The van der Waals surface area contributed by atoms with E-state index < -0.39 is 0 Å². The summed E-state index contributed by atoms with van der Waals surface area (Å²) in [5.74, 6) is 2.01. The molecule has 0 aromatic rings. The number of nitrogens with one attached hydrogen (secondary N) is 2. The highest BCUT2D eigenvalue weighted by Crippen LogP contribution is 2.04. The molecule has 0 aromatic heterocycles. The van der Waals surface area contributed by atoms with E-state index in [1.165, 1.54) is 0 Å². The van der Waals surface area contributed by atoms with Crippen molar-refractivity contribution in [3.8, 4) is 0 Å². The summed E-state index contributed by atoms with van der Waals surface area (Å²) in [6, 6.07) is 0.558. The first-order valence-corrected chi connectivity index (χ1v) is 7.89. The number of guanidine groups is 1. The summed E-state index contributed by atoms with van der Waals surface area (Å²) in [5, 5.41) is 6.73. The molecule has 5 nitrogen and oxygen atoms in total. The number of aliphatic imine (C=N–C) groups is 1. The zero-order chi connectivity index (χ0) is 13.4. The topological polar surface area (TPSA) is 42.9 Å². The van der Waals surface area contributed by atoms with Crippen LogP contribution in [0.15, 0.2) is 4.99 Å². The van der Waals surface area contributed by atoms with Gasteiger partial charge in [0.2, 0.25) is 0 Å². The van der Waals surface area contributed by atoms with Gasteiger partial charge in [0.25, 0.3) is 0 Å². The number of nitrogens with zero attached hydrogens (tertiary/aromatic N) is 3. The van der Waals surface area contributed by atoms with Gasteiger partial charge in [0.15, 0.2) is 5.96 Å². The molecule has 0 saturated carbocycles. The van der Waals surface area contributed by atoms with Gasteiger partial charge in [-0.2, -0.15) is 11.8 Å². The number of likely N-dealkylation sites (N-methyl/N-ethyl adjacent to an activating group) is 2. The molecule has 1 unspecified atom stereocenters. The van der Waals surface area contributed by atoms with Gasteiger partial charge in [-0.05, 0) is 20.4 Å². The van der Waals surface area contributed by atoms with E-state index in [-0.39, 0.29) is 0 Å². The predicted octanol–water partition coefficient (Wildman–Crippen LogP) is -0.240. The van der Waals surface area contributed by atoms with Crippen molar-refractivity contribution in [2.75, 3.05) is 65.9 Å². The van der Waals surface area contributed by atoms with Crippen LogP contribution in [0.5, 0.6) is 0 Å². The molecule has 1 fully saturated rings. The van der Waals surface area contributed by atoms with E-state index in [9.17, 15) is 0 Å². The molecule has 1 aliphatic heterocycles. The van der Waals surface area contributed by atoms with E-state index in [4.69, 9.17) is 0 Å². The minimum absolute atomic E-state index is 0.558. The van der Waals surface area contributed by atoms with Crippen LogP contribution in [0.2, 0.25) is 0 Å². The van der Waals surface area contributed by atoms with Gasteiger partial charge in [-0.15, -0.1) is 0 Å². The Kier molecular flexibility index (Phi) is 7.46. The summed E-state index contributed by atoms with van der Waals surface area (Å²) in [6.07, 6.45) is 2.12. The van der Waals surface area contributed by atoms with Crippen LogP contribution in [0.1, 0.15) is 0 Å². The molecule has 6 heteroatoms. The quantitative estimate of drug-likeness (QED) is 0.411. The van der Waals surface area contributed by atoms with Gasteiger partial charge in [0.1, 0.15) is 0 Å². The first-order chi connectivity index (χ1) is 8.67. The summed E-state index contributed by atoms with van der Waals surface area (Å²) < 4.78 is 0. The zero-order valence-corrected chi connectivity index (χ0v) is 12.9. The molecule has 0 aliphatic carbocycles. The van der Waals surface area contributed by atoms with E-state index in [1.54, 1.807) is 0 Å². The SMILES string of the molecule is CN=C(NCCSC)NCC1CN(C)CCN1C. The fourth-order valence-electron chi connectivity index (χ4n) is 2.03. The van der Waals surface area contributed by atoms with Gasteiger partial charge in [0.05, 0.1) is 0 Å². The lowest BCUT2D eigenvalue weighted by molar-refractivity contribution is 0.116. The van der Waals surface area contributed by atoms with Crippen LogP contribution in [0.3, 0.4) is 0 Å². The van der Waals surface area contributed by atoms with Gasteiger partial charge < -0.3 is 15.5 Å². The normalized spacial score (nSPS) is 23.1. The van der Waals surface area contributed by atoms with Crippen LogP contribution in [0.4, 0.5) is 0 Å². The van der Waals surface area contributed by atoms with Crippen molar-refractivity contribution in [2.24, 2.45) is 4.99 Å². The standard InChI is InChI=1S/C12H27N5S/c1-13-12(14-5-8-18-4)15-9-11-10-16(2)6-7-17(11)3/h11H,5-10H2,1-4H3,(H2,13,14,15). The van der Waals surface area contributed by atoms with Crippen LogP contribution in [-0.2, 0) is 0 Å². The van der Waals surface area contributed by atoms with Gasteiger partial charge in [0, 0.05) is 51.6 Å². The molecule has 1 atom stereocenters. The van der Waals surface area contributed by atoms with Gasteiger partial charge >= 0.3 is 0 Å². The highest BCUT2D eigenvalue weighted by molar-refractivity contribution is 7.98. The van der Waals surface area contributed by atoms with Gasteiger partial charge in [-0.3, -0.25) is 9.89 Å². The first-order valence-electron chi connectivity index (χ1n) is 6.49.